The van der Waals surface area contributed by atoms with E-state index in [1.165, 1.54) is 24.5 Å². The Bertz CT molecular complexity index is 569. The molecule has 6 nitrogen and oxygen atoms in total. The molecule has 0 atom stereocenters. The van der Waals surface area contributed by atoms with Crippen LogP contribution in [-0.2, 0) is 13.6 Å². The van der Waals surface area contributed by atoms with Gasteiger partial charge in [0, 0.05) is 20.1 Å². The van der Waals surface area contributed by atoms with Crippen LogP contribution < -0.4 is 22.3 Å². The quantitative estimate of drug-likeness (QED) is 0.796. The number of nitrogens with zero attached hydrogens (tertiary/aromatic N) is 2. The van der Waals surface area contributed by atoms with Crippen molar-refractivity contribution in [3.63, 3.8) is 0 Å². The predicted octanol–water partition coefficient (Wildman–Crippen LogP) is 0.751. The lowest BCUT2D eigenvalue weighted by Gasteiger charge is -2.15. The topological polar surface area (TPSA) is 82.0 Å². The van der Waals surface area contributed by atoms with Crippen LogP contribution in [-0.4, -0.2) is 15.7 Å². The van der Waals surface area contributed by atoms with Crippen LogP contribution in [0.5, 0.6) is 0 Å². The highest BCUT2D eigenvalue weighted by Crippen LogP contribution is 2.32. The number of anilines is 2. The van der Waals surface area contributed by atoms with Crippen LogP contribution in [0.2, 0.25) is 0 Å². The molecule has 0 aromatic carbocycles. The molecule has 0 saturated heterocycles. The van der Waals surface area contributed by atoms with Gasteiger partial charge in [0.15, 0.2) is 0 Å². The standard InChI is InChI=1S/C13H22N4O2/c1-3-8-17-11(14)10(12(18)16(2)13(17)19)15-7-6-9-4-5-9/h9,15H,3-8,14H2,1-2H3. The first-order chi connectivity index (χ1) is 9.06. The molecule has 19 heavy (non-hydrogen) atoms. The zero-order valence-corrected chi connectivity index (χ0v) is 11.6. The van der Waals surface area contributed by atoms with Crippen LogP contribution in [0.1, 0.15) is 32.6 Å². The van der Waals surface area contributed by atoms with Crippen molar-refractivity contribution in [2.75, 3.05) is 17.6 Å². The summed E-state index contributed by atoms with van der Waals surface area (Å²) < 4.78 is 2.58. The molecular formula is C13H22N4O2. The van der Waals surface area contributed by atoms with Crippen molar-refractivity contribution >= 4 is 11.5 Å². The molecule has 1 fully saturated rings. The summed E-state index contributed by atoms with van der Waals surface area (Å²) in [7, 11) is 1.49. The zero-order valence-electron chi connectivity index (χ0n) is 11.6. The predicted molar refractivity (Wildman–Crippen MR) is 76.5 cm³/mol. The fraction of sp³-hybridized carbons (Fsp3) is 0.692. The third kappa shape index (κ3) is 2.83. The number of nitrogen functional groups attached to an aromatic ring is 1. The summed E-state index contributed by atoms with van der Waals surface area (Å²) in [5, 5.41) is 3.10. The first-order valence-corrected chi connectivity index (χ1v) is 6.89. The minimum atomic E-state index is -0.350. The summed E-state index contributed by atoms with van der Waals surface area (Å²) in [6.07, 6.45) is 4.41. The maximum atomic E-state index is 12.1. The summed E-state index contributed by atoms with van der Waals surface area (Å²) in [6, 6.07) is 0. The van der Waals surface area contributed by atoms with Gasteiger partial charge in [-0.2, -0.15) is 0 Å². The molecule has 0 bridgehead atoms. The van der Waals surface area contributed by atoms with Crippen molar-refractivity contribution in [1.82, 2.24) is 9.13 Å². The molecule has 2 rings (SSSR count). The van der Waals surface area contributed by atoms with Gasteiger partial charge in [-0.15, -0.1) is 0 Å². The van der Waals surface area contributed by atoms with Gasteiger partial charge < -0.3 is 11.1 Å². The molecule has 0 amide bonds. The van der Waals surface area contributed by atoms with Crippen LogP contribution in [0.3, 0.4) is 0 Å². The Labute approximate surface area is 112 Å². The largest absolute Gasteiger partial charge is 0.383 e. The summed E-state index contributed by atoms with van der Waals surface area (Å²) >= 11 is 0. The van der Waals surface area contributed by atoms with E-state index in [0.717, 1.165) is 29.9 Å². The number of nitrogens with two attached hydrogens (primary N) is 1. The van der Waals surface area contributed by atoms with Gasteiger partial charge in [-0.1, -0.05) is 19.8 Å². The molecular weight excluding hydrogens is 244 g/mol. The molecule has 3 N–H and O–H groups in total. The second-order valence-electron chi connectivity index (χ2n) is 5.22. The van der Waals surface area contributed by atoms with Crippen molar-refractivity contribution in [3.8, 4) is 0 Å². The van der Waals surface area contributed by atoms with Gasteiger partial charge in [-0.25, -0.2) is 4.79 Å². The number of hydrogen-bond donors (Lipinski definition) is 2. The summed E-state index contributed by atoms with van der Waals surface area (Å²) in [5.74, 6) is 1.05. The van der Waals surface area contributed by atoms with Crippen LogP contribution in [0.15, 0.2) is 9.59 Å². The van der Waals surface area contributed by atoms with Crippen molar-refractivity contribution in [1.29, 1.82) is 0 Å². The van der Waals surface area contributed by atoms with Gasteiger partial charge in [0.2, 0.25) is 0 Å². The lowest BCUT2D eigenvalue weighted by Crippen LogP contribution is -2.40. The highest BCUT2D eigenvalue weighted by atomic mass is 16.2. The molecule has 0 radical (unpaired) electrons. The van der Waals surface area contributed by atoms with Crippen molar-refractivity contribution in [3.05, 3.63) is 20.8 Å². The lowest BCUT2D eigenvalue weighted by atomic mass is 10.3. The molecule has 0 aliphatic heterocycles. The van der Waals surface area contributed by atoms with Crippen molar-refractivity contribution in [2.45, 2.75) is 39.2 Å². The summed E-state index contributed by atoms with van der Waals surface area (Å²) in [5.41, 5.74) is 5.63. The third-order valence-electron chi connectivity index (χ3n) is 3.58. The Kier molecular flexibility index (Phi) is 3.97. The monoisotopic (exact) mass is 266 g/mol. The van der Waals surface area contributed by atoms with Gasteiger partial charge in [-0.3, -0.25) is 13.9 Å². The Morgan fingerprint density at radius 2 is 2.05 bits per heavy atom. The second kappa shape index (κ2) is 5.50. The average molecular weight is 266 g/mol. The zero-order chi connectivity index (χ0) is 14.0. The van der Waals surface area contributed by atoms with E-state index in [1.807, 2.05) is 6.92 Å². The van der Waals surface area contributed by atoms with Crippen molar-refractivity contribution in [2.24, 2.45) is 13.0 Å². The van der Waals surface area contributed by atoms with Gasteiger partial charge in [0.1, 0.15) is 11.5 Å². The number of aromatic nitrogens is 2. The van der Waals surface area contributed by atoms with E-state index in [1.54, 1.807) is 0 Å². The normalized spacial score (nSPS) is 14.6. The fourth-order valence-corrected chi connectivity index (χ4v) is 2.20. The van der Waals surface area contributed by atoms with E-state index < -0.39 is 0 Å². The van der Waals surface area contributed by atoms with Crippen LogP contribution in [0.4, 0.5) is 11.5 Å². The lowest BCUT2D eigenvalue weighted by molar-refractivity contribution is 0.600. The van der Waals surface area contributed by atoms with Gasteiger partial charge in [0.05, 0.1) is 0 Å². The minimum Gasteiger partial charge on any atom is -0.383 e. The second-order valence-corrected chi connectivity index (χ2v) is 5.22. The maximum absolute atomic E-state index is 12.1. The third-order valence-corrected chi connectivity index (χ3v) is 3.58. The van der Waals surface area contributed by atoms with E-state index in [9.17, 15) is 9.59 Å². The van der Waals surface area contributed by atoms with Gasteiger partial charge in [0.25, 0.3) is 5.56 Å². The SMILES string of the molecule is CCCn1c(N)c(NCCC2CC2)c(=O)n(C)c1=O. The Morgan fingerprint density at radius 3 is 2.63 bits per heavy atom. The first kappa shape index (κ1) is 13.7. The minimum absolute atomic E-state index is 0.255. The highest BCUT2D eigenvalue weighted by Gasteiger charge is 2.21. The Hall–Kier alpha value is -1.72. The molecule has 106 valence electrons. The molecule has 1 aliphatic rings. The molecule has 0 spiro atoms. The molecule has 1 aromatic heterocycles. The molecule has 1 saturated carbocycles. The van der Waals surface area contributed by atoms with Crippen LogP contribution >= 0.6 is 0 Å². The van der Waals surface area contributed by atoms with Crippen LogP contribution in [0.25, 0.3) is 0 Å². The molecule has 6 heteroatoms. The summed E-state index contributed by atoms with van der Waals surface area (Å²) in [4.78, 5) is 24.0. The maximum Gasteiger partial charge on any atom is 0.332 e. The van der Waals surface area contributed by atoms with E-state index in [-0.39, 0.29) is 17.1 Å². The number of hydrogen-bond acceptors (Lipinski definition) is 4. The molecule has 1 aliphatic carbocycles. The number of nitrogens with one attached hydrogen (secondary N) is 1. The smallest absolute Gasteiger partial charge is 0.332 e. The van der Waals surface area contributed by atoms with Crippen LogP contribution in [0, 0.1) is 5.92 Å². The molecule has 0 unspecified atom stereocenters. The summed E-state index contributed by atoms with van der Waals surface area (Å²) in [6.45, 7) is 3.22. The molecule has 1 heterocycles. The Balaban J connectivity index is 2.29. The average Bonchev–Trinajstić information content (AvgIpc) is 3.20. The first-order valence-electron chi connectivity index (χ1n) is 6.89. The van der Waals surface area contributed by atoms with E-state index in [0.29, 0.717) is 12.2 Å². The van der Waals surface area contributed by atoms with E-state index in [4.69, 9.17) is 5.73 Å². The highest BCUT2D eigenvalue weighted by molar-refractivity contribution is 5.60. The van der Waals surface area contributed by atoms with Gasteiger partial charge >= 0.3 is 5.69 Å². The van der Waals surface area contributed by atoms with E-state index >= 15 is 0 Å². The van der Waals surface area contributed by atoms with E-state index in [2.05, 4.69) is 5.32 Å². The fourth-order valence-electron chi connectivity index (χ4n) is 2.20. The Morgan fingerprint density at radius 1 is 1.37 bits per heavy atom. The van der Waals surface area contributed by atoms with Gasteiger partial charge in [-0.05, 0) is 18.8 Å². The number of rotatable bonds is 6. The van der Waals surface area contributed by atoms with Crippen molar-refractivity contribution < 1.29 is 0 Å². The molecule has 1 aromatic rings.